The fourth-order valence-electron chi connectivity index (χ4n) is 2.15. The van der Waals surface area contributed by atoms with Gasteiger partial charge in [-0.05, 0) is 51.5 Å². The second kappa shape index (κ2) is 8.44. The number of hydrogen-bond acceptors (Lipinski definition) is 4. The van der Waals surface area contributed by atoms with Crippen LogP contribution in [0.15, 0.2) is 29.2 Å². The molecule has 7 nitrogen and oxygen atoms in total. The molecule has 0 saturated carbocycles. The molecule has 0 heterocycles. The number of nitrogens with one attached hydrogen (secondary N) is 2. The summed E-state index contributed by atoms with van der Waals surface area (Å²) in [4.78, 5) is 23.4. The average Bonchev–Trinajstić information content (AvgIpc) is 2.48. The largest absolute Gasteiger partial charge is 0.480 e. The Morgan fingerprint density at radius 1 is 1.16 bits per heavy atom. The van der Waals surface area contributed by atoms with E-state index in [-0.39, 0.29) is 10.5 Å². The Bertz CT molecular complexity index is 706. The number of carbonyl (C=O) groups is 2. The van der Waals surface area contributed by atoms with Crippen molar-refractivity contribution in [2.75, 3.05) is 0 Å². The van der Waals surface area contributed by atoms with Crippen molar-refractivity contribution in [1.29, 1.82) is 0 Å². The highest BCUT2D eigenvalue weighted by Crippen LogP contribution is 2.14. The maximum Gasteiger partial charge on any atom is 0.326 e. The summed E-state index contributed by atoms with van der Waals surface area (Å²) in [5, 5.41) is 11.6. The van der Waals surface area contributed by atoms with E-state index >= 15 is 0 Å². The van der Waals surface area contributed by atoms with Crippen LogP contribution in [-0.2, 0) is 14.8 Å². The van der Waals surface area contributed by atoms with E-state index in [2.05, 4.69) is 10.0 Å². The van der Waals surface area contributed by atoms with Gasteiger partial charge in [0.2, 0.25) is 10.0 Å². The Kier molecular flexibility index (Phi) is 7.13. The van der Waals surface area contributed by atoms with Crippen LogP contribution in [0.25, 0.3) is 0 Å². The molecule has 1 amide bonds. The minimum absolute atomic E-state index is 0.0414. The van der Waals surface area contributed by atoms with E-state index in [1.165, 1.54) is 24.3 Å². The molecule has 0 spiro atoms. The fourth-order valence-corrected chi connectivity index (χ4v) is 3.57. The highest BCUT2D eigenvalue weighted by Gasteiger charge is 2.23. The average molecular weight is 370 g/mol. The molecule has 0 radical (unpaired) electrons. The van der Waals surface area contributed by atoms with Gasteiger partial charge in [0.05, 0.1) is 4.90 Å². The number of sulfonamides is 1. The van der Waals surface area contributed by atoms with E-state index in [1.54, 1.807) is 20.8 Å². The second-order valence-electron chi connectivity index (χ2n) is 6.89. The molecule has 0 aliphatic carbocycles. The van der Waals surface area contributed by atoms with Gasteiger partial charge in [0.15, 0.2) is 0 Å². The van der Waals surface area contributed by atoms with Gasteiger partial charge in [-0.15, -0.1) is 0 Å². The molecule has 8 heteroatoms. The van der Waals surface area contributed by atoms with Gasteiger partial charge in [0, 0.05) is 11.1 Å². The zero-order valence-electron chi connectivity index (χ0n) is 15.0. The third-order valence-corrected chi connectivity index (χ3v) is 5.09. The topological polar surface area (TPSA) is 113 Å². The molecule has 0 aromatic heterocycles. The Morgan fingerprint density at radius 2 is 1.72 bits per heavy atom. The SMILES string of the molecule is CCCCC(NC(=O)c1ccc(S(=O)(=O)NC(C)(C)C)cc1)C(=O)O. The van der Waals surface area contributed by atoms with Crippen molar-refractivity contribution < 1.29 is 23.1 Å². The summed E-state index contributed by atoms with van der Waals surface area (Å²) in [7, 11) is -3.68. The first kappa shape index (κ1) is 21.1. The van der Waals surface area contributed by atoms with Crippen molar-refractivity contribution in [1.82, 2.24) is 10.0 Å². The number of rotatable bonds is 8. The number of carboxylic acids is 1. The van der Waals surface area contributed by atoms with Crippen molar-refractivity contribution in [2.24, 2.45) is 0 Å². The van der Waals surface area contributed by atoms with Crippen LogP contribution in [-0.4, -0.2) is 37.0 Å². The number of carbonyl (C=O) groups excluding carboxylic acids is 1. The minimum Gasteiger partial charge on any atom is -0.480 e. The summed E-state index contributed by atoms with van der Waals surface area (Å²) >= 11 is 0. The van der Waals surface area contributed by atoms with E-state index < -0.39 is 33.5 Å². The summed E-state index contributed by atoms with van der Waals surface area (Å²) < 4.78 is 27.0. The standard InChI is InChI=1S/C17H26N2O5S/c1-5-6-7-14(16(21)22)18-15(20)12-8-10-13(11-9-12)25(23,24)19-17(2,3)4/h8-11,14,19H,5-7H2,1-4H3,(H,18,20)(H,21,22). The molecule has 140 valence electrons. The Morgan fingerprint density at radius 3 is 2.16 bits per heavy atom. The van der Waals surface area contributed by atoms with Crippen LogP contribution in [0, 0.1) is 0 Å². The number of benzene rings is 1. The molecule has 0 saturated heterocycles. The first-order valence-corrected chi connectivity index (χ1v) is 9.62. The minimum atomic E-state index is -3.68. The molecule has 1 rings (SSSR count). The highest BCUT2D eigenvalue weighted by molar-refractivity contribution is 7.89. The van der Waals surface area contributed by atoms with Crippen LogP contribution < -0.4 is 10.0 Å². The molecular weight excluding hydrogens is 344 g/mol. The summed E-state index contributed by atoms with van der Waals surface area (Å²) in [6.07, 6.45) is 1.86. The molecule has 0 bridgehead atoms. The Labute approximate surface area is 148 Å². The van der Waals surface area contributed by atoms with Crippen molar-refractivity contribution in [3.63, 3.8) is 0 Å². The van der Waals surface area contributed by atoms with Gasteiger partial charge in [0.1, 0.15) is 6.04 Å². The van der Waals surface area contributed by atoms with Crippen molar-refractivity contribution in [3.05, 3.63) is 29.8 Å². The summed E-state index contributed by atoms with van der Waals surface area (Å²) in [6.45, 7) is 7.13. The molecule has 25 heavy (non-hydrogen) atoms. The molecule has 1 atom stereocenters. The number of carboxylic acid groups (broad SMARTS) is 1. The molecule has 1 aromatic rings. The van der Waals surface area contributed by atoms with E-state index in [0.717, 1.165) is 6.42 Å². The van der Waals surface area contributed by atoms with Crippen molar-refractivity contribution >= 4 is 21.9 Å². The predicted octanol–water partition coefficient (Wildman–Crippen LogP) is 2.14. The maximum atomic E-state index is 12.2. The number of aliphatic carboxylic acids is 1. The van der Waals surface area contributed by atoms with E-state index in [4.69, 9.17) is 5.11 Å². The van der Waals surface area contributed by atoms with Gasteiger partial charge in [-0.1, -0.05) is 19.8 Å². The van der Waals surface area contributed by atoms with E-state index in [0.29, 0.717) is 12.8 Å². The number of unbranched alkanes of at least 4 members (excludes halogenated alkanes) is 1. The molecule has 1 unspecified atom stereocenters. The third kappa shape index (κ3) is 6.83. The predicted molar refractivity (Wildman–Crippen MR) is 94.9 cm³/mol. The number of hydrogen-bond donors (Lipinski definition) is 3. The lowest BCUT2D eigenvalue weighted by atomic mass is 10.1. The van der Waals surface area contributed by atoms with Crippen LogP contribution in [0.2, 0.25) is 0 Å². The first-order valence-electron chi connectivity index (χ1n) is 8.14. The van der Waals surface area contributed by atoms with Gasteiger partial charge in [-0.3, -0.25) is 4.79 Å². The maximum absolute atomic E-state index is 12.2. The van der Waals surface area contributed by atoms with Gasteiger partial charge in [0.25, 0.3) is 5.91 Å². The summed E-state index contributed by atoms with van der Waals surface area (Å²) in [5.41, 5.74) is -0.416. The second-order valence-corrected chi connectivity index (χ2v) is 8.57. The number of amides is 1. The third-order valence-electron chi connectivity index (χ3n) is 3.32. The molecule has 0 aliphatic rings. The quantitative estimate of drug-likeness (QED) is 0.649. The highest BCUT2D eigenvalue weighted by atomic mass is 32.2. The molecule has 0 fully saturated rings. The van der Waals surface area contributed by atoms with Crippen molar-refractivity contribution in [3.8, 4) is 0 Å². The van der Waals surface area contributed by atoms with Gasteiger partial charge in [-0.2, -0.15) is 0 Å². The monoisotopic (exact) mass is 370 g/mol. The lowest BCUT2D eigenvalue weighted by Gasteiger charge is -2.20. The van der Waals surface area contributed by atoms with E-state index in [9.17, 15) is 18.0 Å². The van der Waals surface area contributed by atoms with Crippen LogP contribution in [0.5, 0.6) is 0 Å². The summed E-state index contributed by atoms with van der Waals surface area (Å²) in [6, 6.07) is 4.42. The zero-order chi connectivity index (χ0) is 19.3. The van der Waals surface area contributed by atoms with Gasteiger partial charge in [-0.25, -0.2) is 17.9 Å². The summed E-state index contributed by atoms with van der Waals surface area (Å²) in [5.74, 6) is -1.63. The van der Waals surface area contributed by atoms with Gasteiger partial charge >= 0.3 is 5.97 Å². The molecular formula is C17H26N2O5S. The van der Waals surface area contributed by atoms with Crippen LogP contribution in [0.3, 0.4) is 0 Å². The fraction of sp³-hybridized carbons (Fsp3) is 0.529. The first-order chi connectivity index (χ1) is 11.5. The lowest BCUT2D eigenvalue weighted by molar-refractivity contribution is -0.139. The van der Waals surface area contributed by atoms with Crippen LogP contribution in [0.4, 0.5) is 0 Å². The molecule has 0 aliphatic heterocycles. The van der Waals surface area contributed by atoms with Gasteiger partial charge < -0.3 is 10.4 Å². The smallest absolute Gasteiger partial charge is 0.326 e. The Balaban J connectivity index is 2.88. The Hall–Kier alpha value is -1.93. The molecule has 3 N–H and O–H groups in total. The van der Waals surface area contributed by atoms with Crippen LogP contribution >= 0.6 is 0 Å². The zero-order valence-corrected chi connectivity index (χ0v) is 15.8. The van der Waals surface area contributed by atoms with Crippen LogP contribution in [0.1, 0.15) is 57.3 Å². The lowest BCUT2D eigenvalue weighted by Crippen LogP contribution is -2.41. The normalized spacial score (nSPS) is 13.3. The molecule has 1 aromatic carbocycles. The van der Waals surface area contributed by atoms with E-state index in [1.807, 2.05) is 6.92 Å². The van der Waals surface area contributed by atoms with Crippen molar-refractivity contribution in [2.45, 2.75) is 63.4 Å².